The van der Waals surface area contributed by atoms with Gasteiger partial charge in [0.1, 0.15) is 6.04 Å². The van der Waals surface area contributed by atoms with Crippen molar-refractivity contribution in [1.82, 2.24) is 9.80 Å². The van der Waals surface area contributed by atoms with Crippen molar-refractivity contribution in [2.75, 3.05) is 23.7 Å². The van der Waals surface area contributed by atoms with Crippen LogP contribution >= 0.6 is 11.3 Å². The van der Waals surface area contributed by atoms with Gasteiger partial charge in [-0.05, 0) is 73.2 Å². The number of amides is 3. The molecule has 2 fully saturated rings. The van der Waals surface area contributed by atoms with Crippen molar-refractivity contribution >= 4 is 40.4 Å². The number of hydrogen-bond acceptors (Lipinski definition) is 6. The first-order chi connectivity index (χ1) is 18.8. The van der Waals surface area contributed by atoms with Gasteiger partial charge in [-0.15, -0.1) is 11.3 Å². The Bertz CT molecular complexity index is 1410. The number of carbonyl (C=O) groups is 3. The van der Waals surface area contributed by atoms with Gasteiger partial charge in [0.2, 0.25) is 23.6 Å². The van der Waals surface area contributed by atoms with E-state index in [9.17, 15) is 19.5 Å². The molecular formula is C30H32N4O4S. The van der Waals surface area contributed by atoms with Crippen molar-refractivity contribution in [2.45, 2.75) is 45.6 Å². The highest BCUT2D eigenvalue weighted by Gasteiger charge is 2.32. The highest BCUT2D eigenvalue weighted by Crippen LogP contribution is 2.35. The van der Waals surface area contributed by atoms with Crippen LogP contribution in [0.15, 0.2) is 72.2 Å². The van der Waals surface area contributed by atoms with Crippen LogP contribution in [-0.2, 0) is 14.4 Å². The third-order valence-electron chi connectivity index (χ3n) is 7.21. The Labute approximate surface area is 231 Å². The number of rotatable bonds is 6. The quantitative estimate of drug-likeness (QED) is 0.340. The van der Waals surface area contributed by atoms with Crippen LogP contribution in [0.2, 0.25) is 0 Å². The molecule has 3 aromatic rings. The summed E-state index contributed by atoms with van der Waals surface area (Å²) in [5.74, 6) is -0.254. The molecule has 2 aliphatic heterocycles. The maximum absolute atomic E-state index is 12.7. The fourth-order valence-corrected chi connectivity index (χ4v) is 6.22. The van der Waals surface area contributed by atoms with E-state index >= 15 is 0 Å². The largest absolute Gasteiger partial charge is 0.493 e. The molecule has 3 heterocycles. The van der Waals surface area contributed by atoms with E-state index in [2.05, 4.69) is 22.8 Å². The van der Waals surface area contributed by atoms with Gasteiger partial charge >= 0.3 is 0 Å². The molecule has 2 saturated heterocycles. The second-order valence-electron chi connectivity index (χ2n) is 9.87. The summed E-state index contributed by atoms with van der Waals surface area (Å²) in [6, 6.07) is 19.3. The number of aliphatic hydroxyl groups excluding tert-OH is 1. The van der Waals surface area contributed by atoms with Crippen LogP contribution in [0.5, 0.6) is 0 Å². The van der Waals surface area contributed by atoms with Gasteiger partial charge in [0.15, 0.2) is 0 Å². The van der Waals surface area contributed by atoms with Gasteiger partial charge in [0.25, 0.3) is 0 Å². The van der Waals surface area contributed by atoms with E-state index in [1.165, 1.54) is 13.8 Å². The lowest BCUT2D eigenvalue weighted by molar-refractivity contribution is -0.134. The molecule has 0 unspecified atom stereocenters. The standard InChI is InChI=1S/C30H32N4O4S/c1-19(35)33-17-3-5-25(33)29(37)31-23-11-7-21(8-12-23)27-15-16-28(39-27)22-9-13-24(14-10-22)32-30(38)26-6-4-18-34(26)20(2)36/h7-16,25,32,38H,3-6,17-18H2,1-2H3,(H,31,37)/b30-26+/t25-/m0/s1. The van der Waals surface area contributed by atoms with Gasteiger partial charge in [0.05, 0.1) is 5.70 Å². The monoisotopic (exact) mass is 544 g/mol. The first kappa shape index (κ1) is 26.5. The van der Waals surface area contributed by atoms with Crippen LogP contribution in [0.25, 0.3) is 20.9 Å². The zero-order chi connectivity index (χ0) is 27.5. The van der Waals surface area contributed by atoms with Crippen LogP contribution in [0, 0.1) is 0 Å². The van der Waals surface area contributed by atoms with Crippen LogP contribution in [0.4, 0.5) is 11.4 Å². The molecule has 1 aromatic heterocycles. The number of thiophene rings is 1. The average Bonchev–Trinajstić information content (AvgIpc) is 3.70. The summed E-state index contributed by atoms with van der Waals surface area (Å²) in [5.41, 5.74) is 4.21. The first-order valence-corrected chi connectivity index (χ1v) is 14.0. The van der Waals surface area contributed by atoms with Crippen LogP contribution < -0.4 is 10.6 Å². The van der Waals surface area contributed by atoms with Crippen LogP contribution in [0.1, 0.15) is 39.5 Å². The Morgan fingerprint density at radius 1 is 0.795 bits per heavy atom. The Morgan fingerprint density at radius 2 is 1.38 bits per heavy atom. The van der Waals surface area contributed by atoms with Crippen molar-refractivity contribution in [3.8, 4) is 20.9 Å². The minimum absolute atomic E-state index is 0.0212. The number of allylic oxidation sites excluding steroid dienone is 1. The summed E-state index contributed by atoms with van der Waals surface area (Å²) in [6.07, 6.45) is 3.05. The predicted octanol–water partition coefficient (Wildman–Crippen LogP) is 5.81. The third-order valence-corrected chi connectivity index (χ3v) is 8.39. The number of anilines is 2. The van der Waals surface area contributed by atoms with Gasteiger partial charge in [-0.3, -0.25) is 14.4 Å². The van der Waals surface area contributed by atoms with E-state index in [0.717, 1.165) is 39.4 Å². The molecule has 8 nitrogen and oxygen atoms in total. The molecule has 0 radical (unpaired) electrons. The Kier molecular flexibility index (Phi) is 7.70. The third kappa shape index (κ3) is 5.83. The van der Waals surface area contributed by atoms with Gasteiger partial charge in [-0.1, -0.05) is 24.3 Å². The van der Waals surface area contributed by atoms with Crippen molar-refractivity contribution in [2.24, 2.45) is 0 Å². The molecule has 1 atom stereocenters. The average molecular weight is 545 g/mol. The summed E-state index contributed by atoms with van der Waals surface area (Å²) < 4.78 is 0. The first-order valence-electron chi connectivity index (χ1n) is 13.2. The normalized spacial score (nSPS) is 18.3. The Morgan fingerprint density at radius 3 is 1.95 bits per heavy atom. The molecule has 5 rings (SSSR count). The molecule has 2 aliphatic rings. The zero-order valence-corrected chi connectivity index (χ0v) is 22.9. The SMILES string of the molecule is CC(=O)N1CCC/C1=C(\O)Nc1ccc(-c2ccc(-c3ccc(NC(=O)[C@@H]4CCCN4C(C)=O)cc3)s2)cc1. The summed E-state index contributed by atoms with van der Waals surface area (Å²) in [4.78, 5) is 41.7. The van der Waals surface area contributed by atoms with E-state index < -0.39 is 6.04 Å². The van der Waals surface area contributed by atoms with Crippen molar-refractivity contribution in [1.29, 1.82) is 0 Å². The number of nitrogens with zero attached hydrogens (tertiary/aromatic N) is 2. The molecule has 0 saturated carbocycles. The zero-order valence-electron chi connectivity index (χ0n) is 22.1. The molecule has 3 amide bonds. The number of hydrogen-bond donors (Lipinski definition) is 3. The summed E-state index contributed by atoms with van der Waals surface area (Å²) in [7, 11) is 0. The molecule has 3 N–H and O–H groups in total. The fourth-order valence-electron chi connectivity index (χ4n) is 5.20. The topological polar surface area (TPSA) is 102 Å². The van der Waals surface area contributed by atoms with Gasteiger partial charge in [-0.25, -0.2) is 0 Å². The Hall–Kier alpha value is -4.11. The highest BCUT2D eigenvalue weighted by atomic mass is 32.1. The van der Waals surface area contributed by atoms with E-state index in [1.54, 1.807) is 21.1 Å². The van der Waals surface area contributed by atoms with E-state index in [4.69, 9.17) is 0 Å². The highest BCUT2D eigenvalue weighted by molar-refractivity contribution is 7.18. The van der Waals surface area contributed by atoms with Crippen molar-refractivity contribution in [3.63, 3.8) is 0 Å². The van der Waals surface area contributed by atoms with E-state index in [1.807, 2.05) is 48.5 Å². The summed E-state index contributed by atoms with van der Waals surface area (Å²) >= 11 is 1.67. The molecule has 0 spiro atoms. The smallest absolute Gasteiger partial charge is 0.247 e. The summed E-state index contributed by atoms with van der Waals surface area (Å²) in [6.45, 7) is 4.28. The minimum atomic E-state index is -0.401. The molecule has 0 aliphatic carbocycles. The second kappa shape index (κ2) is 11.3. The summed E-state index contributed by atoms with van der Waals surface area (Å²) in [5, 5.41) is 16.5. The van der Waals surface area contributed by atoms with Gasteiger partial charge in [-0.2, -0.15) is 0 Å². The van der Waals surface area contributed by atoms with Gasteiger partial charge < -0.3 is 25.5 Å². The molecule has 39 heavy (non-hydrogen) atoms. The molecule has 0 bridgehead atoms. The second-order valence-corrected chi connectivity index (χ2v) is 11.0. The lowest BCUT2D eigenvalue weighted by Gasteiger charge is -2.22. The van der Waals surface area contributed by atoms with Crippen LogP contribution in [0.3, 0.4) is 0 Å². The maximum atomic E-state index is 12.7. The molecule has 9 heteroatoms. The molecule has 2 aromatic carbocycles. The van der Waals surface area contributed by atoms with E-state index in [0.29, 0.717) is 37.3 Å². The van der Waals surface area contributed by atoms with Crippen molar-refractivity contribution in [3.05, 3.63) is 72.2 Å². The maximum Gasteiger partial charge on any atom is 0.247 e. The Balaban J connectivity index is 1.22. The van der Waals surface area contributed by atoms with E-state index in [-0.39, 0.29) is 23.6 Å². The molecule has 202 valence electrons. The fraction of sp³-hybridized carbons (Fsp3) is 0.300. The number of likely N-dealkylation sites (tertiary alicyclic amines) is 2. The predicted molar refractivity (Wildman–Crippen MR) is 154 cm³/mol. The lowest BCUT2D eigenvalue weighted by atomic mass is 10.1. The number of aliphatic hydroxyl groups is 1. The number of nitrogens with one attached hydrogen (secondary N) is 2. The number of carbonyl (C=O) groups excluding carboxylic acids is 3. The molecular weight excluding hydrogens is 512 g/mol. The van der Waals surface area contributed by atoms with Gasteiger partial charge in [0, 0.05) is 48.1 Å². The van der Waals surface area contributed by atoms with Crippen molar-refractivity contribution < 1.29 is 19.5 Å². The number of benzene rings is 2. The minimum Gasteiger partial charge on any atom is -0.493 e. The lowest BCUT2D eigenvalue weighted by Crippen LogP contribution is -2.42. The van der Waals surface area contributed by atoms with Crippen LogP contribution in [-0.4, -0.2) is 51.8 Å².